The molecule has 0 saturated carbocycles. The maximum Gasteiger partial charge on any atom is 0.165 e. The van der Waals surface area contributed by atoms with Gasteiger partial charge < -0.3 is 4.74 Å². The minimum Gasteiger partial charge on any atom is -0.497 e. The molecule has 0 aliphatic carbocycles. The zero-order chi connectivity index (χ0) is 22.8. The molecule has 2 aliphatic heterocycles. The second kappa shape index (κ2) is 8.91. The SMILES string of the molecule is COc1ccc(/C=N/NC2=CN=C3c4cc(Br)ccc4N=C(C)N3N2c2ccccc2)cc1. The Kier molecular flexibility index (Phi) is 5.66. The van der Waals surface area contributed by atoms with Gasteiger partial charge in [-0.15, -0.1) is 0 Å². The molecule has 8 heteroatoms. The van der Waals surface area contributed by atoms with Crippen LogP contribution in [0.25, 0.3) is 0 Å². The van der Waals surface area contributed by atoms with Crippen LogP contribution in [0.1, 0.15) is 18.1 Å². The van der Waals surface area contributed by atoms with Crippen LogP contribution in [-0.2, 0) is 0 Å². The molecule has 7 nitrogen and oxygen atoms in total. The second-order valence-electron chi connectivity index (χ2n) is 7.39. The predicted molar refractivity (Wildman–Crippen MR) is 136 cm³/mol. The lowest BCUT2D eigenvalue weighted by Gasteiger charge is -2.42. The van der Waals surface area contributed by atoms with Crippen LogP contribution < -0.4 is 15.2 Å². The number of hydrazine groups is 1. The van der Waals surface area contributed by atoms with Crippen molar-refractivity contribution in [3.8, 4) is 5.75 Å². The predicted octanol–water partition coefficient (Wildman–Crippen LogP) is 5.43. The Bertz CT molecular complexity index is 1300. The van der Waals surface area contributed by atoms with Gasteiger partial charge in [0, 0.05) is 10.0 Å². The molecule has 0 aromatic heterocycles. The van der Waals surface area contributed by atoms with Gasteiger partial charge in [0.05, 0.1) is 30.9 Å². The molecule has 3 aromatic rings. The summed E-state index contributed by atoms with van der Waals surface area (Å²) in [6.45, 7) is 1.97. The molecule has 2 aliphatic rings. The monoisotopic (exact) mass is 500 g/mol. The largest absolute Gasteiger partial charge is 0.497 e. The van der Waals surface area contributed by atoms with Gasteiger partial charge in [-0.05, 0) is 67.1 Å². The topological polar surface area (TPSA) is 64.8 Å². The maximum absolute atomic E-state index is 5.21. The molecule has 0 radical (unpaired) electrons. The fraction of sp³-hybridized carbons (Fsp3) is 0.0800. The first kappa shape index (κ1) is 21.0. The van der Waals surface area contributed by atoms with Gasteiger partial charge in [0.25, 0.3) is 0 Å². The molecule has 0 unspecified atom stereocenters. The van der Waals surface area contributed by atoms with Crippen LogP contribution in [0.4, 0.5) is 11.4 Å². The first-order valence-electron chi connectivity index (χ1n) is 10.4. The molecule has 2 heterocycles. The third-order valence-corrected chi connectivity index (χ3v) is 5.73. The van der Waals surface area contributed by atoms with Gasteiger partial charge in [0.1, 0.15) is 11.6 Å². The van der Waals surface area contributed by atoms with Crippen molar-refractivity contribution in [1.82, 2.24) is 10.4 Å². The molecule has 0 saturated heterocycles. The Hall–Kier alpha value is -3.91. The van der Waals surface area contributed by atoms with Gasteiger partial charge in [-0.2, -0.15) is 5.10 Å². The highest BCUT2D eigenvalue weighted by atomic mass is 79.9. The normalized spacial score (nSPS) is 14.8. The van der Waals surface area contributed by atoms with Crippen molar-refractivity contribution >= 4 is 45.2 Å². The number of ether oxygens (including phenoxy) is 1. The molecule has 0 bridgehead atoms. The van der Waals surface area contributed by atoms with Crippen molar-refractivity contribution in [2.24, 2.45) is 15.1 Å². The van der Waals surface area contributed by atoms with Crippen molar-refractivity contribution in [1.29, 1.82) is 0 Å². The summed E-state index contributed by atoms with van der Waals surface area (Å²) in [5.41, 5.74) is 6.89. The third-order valence-electron chi connectivity index (χ3n) is 5.24. The fourth-order valence-corrected chi connectivity index (χ4v) is 4.05. The first-order chi connectivity index (χ1) is 16.1. The van der Waals surface area contributed by atoms with Gasteiger partial charge in [-0.25, -0.2) is 20.0 Å². The lowest BCUT2D eigenvalue weighted by Crippen LogP contribution is -2.54. The van der Waals surface area contributed by atoms with E-state index in [1.807, 2.05) is 89.7 Å². The first-order valence-corrected chi connectivity index (χ1v) is 11.1. The zero-order valence-corrected chi connectivity index (χ0v) is 19.7. The summed E-state index contributed by atoms with van der Waals surface area (Å²) in [4.78, 5) is 9.59. The number of halogens is 1. The molecular formula is C25H21BrN6O. The number of para-hydroxylation sites is 1. The average molecular weight is 501 g/mol. The molecule has 1 N–H and O–H groups in total. The fourth-order valence-electron chi connectivity index (χ4n) is 3.69. The third kappa shape index (κ3) is 4.12. The molecule has 5 rings (SSSR count). The molecule has 0 atom stereocenters. The van der Waals surface area contributed by atoms with Crippen LogP contribution in [0.15, 0.2) is 104 Å². The number of methoxy groups -OCH3 is 1. The van der Waals surface area contributed by atoms with E-state index in [0.29, 0.717) is 5.82 Å². The molecule has 33 heavy (non-hydrogen) atoms. The van der Waals surface area contributed by atoms with E-state index in [9.17, 15) is 0 Å². The van der Waals surface area contributed by atoms with Crippen LogP contribution >= 0.6 is 15.9 Å². The van der Waals surface area contributed by atoms with Crippen LogP contribution in [0.5, 0.6) is 5.75 Å². The number of anilines is 1. The Balaban J connectivity index is 1.52. The number of hydrogen-bond donors (Lipinski definition) is 1. The number of amidine groups is 2. The van der Waals surface area contributed by atoms with E-state index >= 15 is 0 Å². The lowest BCUT2D eigenvalue weighted by atomic mass is 10.1. The minimum absolute atomic E-state index is 0.697. The van der Waals surface area contributed by atoms with Gasteiger partial charge in [-0.3, -0.25) is 5.43 Å². The van der Waals surface area contributed by atoms with Crippen molar-refractivity contribution in [2.45, 2.75) is 6.92 Å². The average Bonchev–Trinajstić information content (AvgIpc) is 2.85. The smallest absolute Gasteiger partial charge is 0.165 e. The van der Waals surface area contributed by atoms with Crippen LogP contribution in [0.3, 0.4) is 0 Å². The van der Waals surface area contributed by atoms with Crippen molar-refractivity contribution < 1.29 is 4.74 Å². The Labute approximate surface area is 200 Å². The lowest BCUT2D eigenvalue weighted by molar-refractivity contribution is 0.415. The highest BCUT2D eigenvalue weighted by Gasteiger charge is 2.34. The molecule has 3 aromatic carbocycles. The summed E-state index contributed by atoms with van der Waals surface area (Å²) < 4.78 is 6.19. The summed E-state index contributed by atoms with van der Waals surface area (Å²) in [7, 11) is 1.65. The number of nitrogens with one attached hydrogen (secondary N) is 1. The van der Waals surface area contributed by atoms with Crippen LogP contribution in [-0.4, -0.2) is 30.0 Å². The Morgan fingerprint density at radius 3 is 2.55 bits per heavy atom. The van der Waals surface area contributed by atoms with Gasteiger partial charge in [-0.1, -0.05) is 34.1 Å². The van der Waals surface area contributed by atoms with Gasteiger partial charge in [0.2, 0.25) is 0 Å². The zero-order valence-electron chi connectivity index (χ0n) is 18.1. The minimum atomic E-state index is 0.697. The number of rotatable bonds is 5. The molecule has 0 amide bonds. The van der Waals surface area contributed by atoms with Crippen molar-refractivity contribution in [2.75, 3.05) is 12.1 Å². The Morgan fingerprint density at radius 2 is 1.79 bits per heavy atom. The van der Waals surface area contributed by atoms with E-state index in [4.69, 9.17) is 14.7 Å². The maximum atomic E-state index is 5.21. The second-order valence-corrected chi connectivity index (χ2v) is 8.31. The molecule has 0 spiro atoms. The summed E-state index contributed by atoms with van der Waals surface area (Å²) in [5, 5.41) is 8.47. The van der Waals surface area contributed by atoms with E-state index < -0.39 is 0 Å². The summed E-state index contributed by atoms with van der Waals surface area (Å²) in [6.07, 6.45) is 3.54. The number of fused-ring (bicyclic) bond motifs is 3. The van der Waals surface area contributed by atoms with Crippen molar-refractivity contribution in [3.05, 3.63) is 100 Å². The molecule has 0 fully saturated rings. The van der Waals surface area contributed by atoms with E-state index in [-0.39, 0.29) is 0 Å². The molecule has 164 valence electrons. The number of aliphatic imine (C=N–C) groups is 2. The number of nitrogens with zero attached hydrogens (tertiary/aromatic N) is 5. The highest BCUT2D eigenvalue weighted by molar-refractivity contribution is 9.10. The van der Waals surface area contributed by atoms with Crippen LogP contribution in [0.2, 0.25) is 0 Å². The van der Waals surface area contributed by atoms with E-state index in [1.54, 1.807) is 19.5 Å². The van der Waals surface area contributed by atoms with E-state index in [0.717, 1.165) is 44.4 Å². The summed E-state index contributed by atoms with van der Waals surface area (Å²) in [5.74, 6) is 3.10. The van der Waals surface area contributed by atoms with Gasteiger partial charge >= 0.3 is 0 Å². The standard InChI is InChI=1S/C25H21BrN6O/c1-17-29-23-13-10-19(26)14-22(23)25-27-16-24(32(31(17)25)20-6-4-3-5-7-20)30-28-15-18-8-11-21(33-2)12-9-18/h3-16,30H,1-2H3/b28-15+. The Morgan fingerprint density at radius 1 is 1.00 bits per heavy atom. The van der Waals surface area contributed by atoms with E-state index in [2.05, 4.69) is 26.5 Å². The summed E-state index contributed by atoms with van der Waals surface area (Å²) in [6, 6.07) is 23.8. The summed E-state index contributed by atoms with van der Waals surface area (Å²) >= 11 is 3.57. The molecular weight excluding hydrogens is 480 g/mol. The number of hydrazone groups is 1. The van der Waals surface area contributed by atoms with Gasteiger partial charge in [0.15, 0.2) is 11.7 Å². The number of benzene rings is 3. The number of hydrogen-bond acceptors (Lipinski definition) is 7. The highest BCUT2D eigenvalue weighted by Crippen LogP contribution is 2.34. The van der Waals surface area contributed by atoms with E-state index in [1.165, 1.54) is 0 Å². The van der Waals surface area contributed by atoms with Crippen molar-refractivity contribution in [3.63, 3.8) is 0 Å². The quantitative estimate of drug-likeness (QED) is 0.374. The van der Waals surface area contributed by atoms with Crippen LogP contribution in [0, 0.1) is 0 Å².